The van der Waals surface area contributed by atoms with Crippen molar-refractivity contribution in [1.29, 1.82) is 0 Å². The second-order valence-electron chi connectivity index (χ2n) is 8.40. The quantitative estimate of drug-likeness (QED) is 0.554. The fraction of sp³-hybridized carbons (Fsp3) is 0.478. The Hall–Kier alpha value is -2.84. The van der Waals surface area contributed by atoms with Gasteiger partial charge < -0.3 is 4.74 Å². The molecule has 1 aliphatic heterocycles. The highest BCUT2D eigenvalue weighted by molar-refractivity contribution is 5.27. The van der Waals surface area contributed by atoms with Crippen molar-refractivity contribution in [2.45, 2.75) is 33.0 Å². The van der Waals surface area contributed by atoms with Gasteiger partial charge in [0.2, 0.25) is 0 Å². The topological polar surface area (TPSA) is 72.2 Å². The van der Waals surface area contributed by atoms with Gasteiger partial charge in [0, 0.05) is 45.1 Å². The van der Waals surface area contributed by atoms with Gasteiger partial charge in [-0.2, -0.15) is 0 Å². The van der Waals surface area contributed by atoms with Crippen molar-refractivity contribution < 1.29 is 4.74 Å². The maximum atomic E-state index is 5.26. The summed E-state index contributed by atoms with van der Waals surface area (Å²) in [5, 5.41) is 12.8. The maximum Gasteiger partial charge on any atom is 0.169 e. The molecule has 8 heteroatoms. The van der Waals surface area contributed by atoms with Crippen LogP contribution in [0.25, 0.3) is 0 Å². The van der Waals surface area contributed by atoms with Crippen LogP contribution in [-0.4, -0.2) is 68.3 Å². The number of hydrogen-bond donors (Lipinski definition) is 0. The Labute approximate surface area is 183 Å². The van der Waals surface area contributed by atoms with E-state index in [1.54, 1.807) is 7.11 Å². The largest absolute Gasteiger partial charge is 0.497 e. The zero-order valence-corrected chi connectivity index (χ0v) is 18.6. The fourth-order valence-electron chi connectivity index (χ4n) is 4.27. The highest BCUT2D eigenvalue weighted by Crippen LogP contribution is 2.28. The van der Waals surface area contributed by atoms with Crippen LogP contribution in [0.2, 0.25) is 0 Å². The first-order valence-electron chi connectivity index (χ1n) is 10.9. The van der Waals surface area contributed by atoms with E-state index in [4.69, 9.17) is 4.74 Å². The van der Waals surface area contributed by atoms with Gasteiger partial charge in [0.25, 0.3) is 0 Å². The molecule has 31 heavy (non-hydrogen) atoms. The number of benzene rings is 1. The van der Waals surface area contributed by atoms with Gasteiger partial charge in [0.1, 0.15) is 5.75 Å². The molecule has 1 aliphatic rings. The van der Waals surface area contributed by atoms with Crippen LogP contribution in [0.5, 0.6) is 5.75 Å². The van der Waals surface area contributed by atoms with Crippen molar-refractivity contribution in [3.05, 3.63) is 65.7 Å². The molecular formula is C23H31N7O. The molecule has 1 atom stereocenters. The average Bonchev–Trinajstić information content (AvgIpc) is 3.23. The summed E-state index contributed by atoms with van der Waals surface area (Å²) in [6.07, 6.45) is 3.73. The Morgan fingerprint density at radius 1 is 0.903 bits per heavy atom. The SMILES string of the molecule is COc1ccc(Cn2nnnc2[C@H](C(C)C)N2CCN(Cc3ccncc3)CC2)cc1. The third-order valence-electron chi connectivity index (χ3n) is 5.90. The van der Waals surface area contributed by atoms with Gasteiger partial charge in [-0.3, -0.25) is 14.8 Å². The predicted molar refractivity (Wildman–Crippen MR) is 119 cm³/mol. The number of pyridine rings is 1. The van der Waals surface area contributed by atoms with Crippen molar-refractivity contribution in [1.82, 2.24) is 35.0 Å². The summed E-state index contributed by atoms with van der Waals surface area (Å²) in [6.45, 7) is 10.2. The van der Waals surface area contributed by atoms with E-state index in [0.717, 1.165) is 49.9 Å². The molecule has 2 aromatic heterocycles. The third-order valence-corrected chi connectivity index (χ3v) is 5.90. The van der Waals surface area contributed by atoms with Crippen LogP contribution in [0.3, 0.4) is 0 Å². The average molecular weight is 422 g/mol. The smallest absolute Gasteiger partial charge is 0.169 e. The van der Waals surface area contributed by atoms with Gasteiger partial charge in [-0.1, -0.05) is 26.0 Å². The molecule has 0 spiro atoms. The normalized spacial score (nSPS) is 16.5. The third kappa shape index (κ3) is 5.26. The number of tetrazole rings is 1. The summed E-state index contributed by atoms with van der Waals surface area (Å²) in [6, 6.07) is 12.4. The van der Waals surface area contributed by atoms with E-state index in [-0.39, 0.29) is 6.04 Å². The summed E-state index contributed by atoms with van der Waals surface area (Å²) in [7, 11) is 1.68. The predicted octanol–water partition coefficient (Wildman–Crippen LogP) is 2.64. The lowest BCUT2D eigenvalue weighted by atomic mass is 10.0. The van der Waals surface area contributed by atoms with E-state index in [2.05, 4.69) is 68.4 Å². The first-order valence-corrected chi connectivity index (χ1v) is 10.9. The van der Waals surface area contributed by atoms with Crippen LogP contribution in [-0.2, 0) is 13.1 Å². The Kier molecular flexibility index (Phi) is 6.89. The lowest BCUT2D eigenvalue weighted by Gasteiger charge is -2.40. The molecule has 164 valence electrons. The minimum atomic E-state index is 0.191. The first kappa shape index (κ1) is 21.4. The van der Waals surface area contributed by atoms with E-state index in [1.807, 2.05) is 29.2 Å². The minimum Gasteiger partial charge on any atom is -0.497 e. The van der Waals surface area contributed by atoms with Crippen molar-refractivity contribution in [3.63, 3.8) is 0 Å². The molecule has 0 bridgehead atoms. The lowest BCUT2D eigenvalue weighted by molar-refractivity contribution is 0.0664. The highest BCUT2D eigenvalue weighted by atomic mass is 16.5. The number of rotatable bonds is 8. The van der Waals surface area contributed by atoms with Crippen molar-refractivity contribution in [3.8, 4) is 5.75 Å². The molecule has 3 aromatic rings. The summed E-state index contributed by atoms with van der Waals surface area (Å²) in [5.74, 6) is 2.20. The molecule has 0 unspecified atom stereocenters. The molecule has 0 radical (unpaired) electrons. The van der Waals surface area contributed by atoms with Crippen LogP contribution in [0.4, 0.5) is 0 Å². The van der Waals surface area contributed by atoms with E-state index in [1.165, 1.54) is 5.56 Å². The van der Waals surface area contributed by atoms with Gasteiger partial charge >= 0.3 is 0 Å². The number of aromatic nitrogens is 5. The van der Waals surface area contributed by atoms with Gasteiger partial charge in [-0.05, 0) is 51.7 Å². The number of piperazine rings is 1. The van der Waals surface area contributed by atoms with Gasteiger partial charge in [-0.25, -0.2) is 4.68 Å². The van der Waals surface area contributed by atoms with Crippen LogP contribution in [0, 0.1) is 5.92 Å². The molecular weight excluding hydrogens is 390 g/mol. The minimum absolute atomic E-state index is 0.191. The van der Waals surface area contributed by atoms with E-state index in [0.29, 0.717) is 12.5 Å². The van der Waals surface area contributed by atoms with Gasteiger partial charge in [0.05, 0.1) is 19.7 Å². The number of nitrogens with zero attached hydrogens (tertiary/aromatic N) is 7. The number of ether oxygens (including phenoxy) is 1. The Morgan fingerprint density at radius 3 is 2.23 bits per heavy atom. The lowest BCUT2D eigenvalue weighted by Crippen LogP contribution is -2.48. The Morgan fingerprint density at radius 2 is 1.58 bits per heavy atom. The molecule has 8 nitrogen and oxygen atoms in total. The molecule has 0 aliphatic carbocycles. The molecule has 1 saturated heterocycles. The highest BCUT2D eigenvalue weighted by Gasteiger charge is 2.31. The standard InChI is InChI=1S/C23H31N7O/c1-18(2)22(29-14-12-28(13-15-29)16-20-8-10-24-11-9-20)23-25-26-27-30(23)17-19-4-6-21(31-3)7-5-19/h4-11,18,22H,12-17H2,1-3H3/t22-/m0/s1. The van der Waals surface area contributed by atoms with Crippen LogP contribution < -0.4 is 4.74 Å². The van der Waals surface area contributed by atoms with Gasteiger partial charge in [0.15, 0.2) is 5.82 Å². The molecule has 1 aromatic carbocycles. The van der Waals surface area contributed by atoms with Crippen LogP contribution in [0.15, 0.2) is 48.8 Å². The second kappa shape index (κ2) is 9.98. The summed E-state index contributed by atoms with van der Waals surface area (Å²) in [5.41, 5.74) is 2.46. The molecule has 3 heterocycles. The molecule has 0 N–H and O–H groups in total. The van der Waals surface area contributed by atoms with Crippen molar-refractivity contribution in [2.75, 3.05) is 33.3 Å². The molecule has 1 fully saturated rings. The monoisotopic (exact) mass is 421 g/mol. The summed E-state index contributed by atoms with van der Waals surface area (Å²) < 4.78 is 7.20. The maximum absolute atomic E-state index is 5.26. The Balaban J connectivity index is 1.43. The van der Waals surface area contributed by atoms with Gasteiger partial charge in [-0.15, -0.1) is 5.10 Å². The van der Waals surface area contributed by atoms with Crippen molar-refractivity contribution >= 4 is 0 Å². The van der Waals surface area contributed by atoms with Crippen LogP contribution in [0.1, 0.15) is 36.8 Å². The van der Waals surface area contributed by atoms with Crippen LogP contribution >= 0.6 is 0 Å². The zero-order valence-electron chi connectivity index (χ0n) is 18.6. The van der Waals surface area contributed by atoms with Crippen molar-refractivity contribution in [2.24, 2.45) is 5.92 Å². The molecule has 4 rings (SSSR count). The van der Waals surface area contributed by atoms with E-state index in [9.17, 15) is 0 Å². The summed E-state index contributed by atoms with van der Waals surface area (Å²) in [4.78, 5) is 9.15. The first-order chi connectivity index (χ1) is 15.1. The zero-order chi connectivity index (χ0) is 21.6. The molecule has 0 amide bonds. The fourth-order valence-corrected chi connectivity index (χ4v) is 4.27. The van der Waals surface area contributed by atoms with E-state index >= 15 is 0 Å². The number of hydrogen-bond acceptors (Lipinski definition) is 7. The molecule has 0 saturated carbocycles. The van der Waals surface area contributed by atoms with E-state index < -0.39 is 0 Å². The summed E-state index contributed by atoms with van der Waals surface area (Å²) >= 11 is 0. The second-order valence-corrected chi connectivity index (χ2v) is 8.40. The Bertz CT molecular complexity index is 934. The number of methoxy groups -OCH3 is 1.